The SMILES string of the molecule is CCCC(C)NC(=O)Nc1ccc(O)cc1C(=O)O. The summed E-state index contributed by atoms with van der Waals surface area (Å²) < 4.78 is 0. The molecule has 1 rings (SSSR count). The van der Waals surface area contributed by atoms with Gasteiger partial charge in [0.2, 0.25) is 0 Å². The van der Waals surface area contributed by atoms with Gasteiger partial charge in [-0.2, -0.15) is 0 Å². The number of aromatic hydroxyl groups is 1. The zero-order valence-electron chi connectivity index (χ0n) is 10.9. The van der Waals surface area contributed by atoms with Gasteiger partial charge in [0.15, 0.2) is 0 Å². The molecule has 1 aromatic carbocycles. The van der Waals surface area contributed by atoms with Crippen LogP contribution in [0.3, 0.4) is 0 Å². The Morgan fingerprint density at radius 1 is 1.37 bits per heavy atom. The Hall–Kier alpha value is -2.24. The highest BCUT2D eigenvalue weighted by Crippen LogP contribution is 2.21. The molecule has 0 heterocycles. The minimum atomic E-state index is -1.21. The molecule has 0 spiro atoms. The maximum Gasteiger partial charge on any atom is 0.337 e. The van der Waals surface area contributed by atoms with Gasteiger partial charge in [-0.3, -0.25) is 0 Å². The molecule has 0 radical (unpaired) electrons. The minimum absolute atomic E-state index is 0.00962. The molecule has 0 aliphatic heterocycles. The summed E-state index contributed by atoms with van der Waals surface area (Å²) in [5, 5.41) is 23.4. The van der Waals surface area contributed by atoms with Crippen molar-refractivity contribution in [1.29, 1.82) is 0 Å². The molecule has 104 valence electrons. The number of phenolic OH excluding ortho intramolecular Hbond substituents is 1. The molecular weight excluding hydrogens is 248 g/mol. The fraction of sp³-hybridized carbons (Fsp3) is 0.385. The quantitative estimate of drug-likeness (QED) is 0.615. The van der Waals surface area contributed by atoms with Gasteiger partial charge in [-0.15, -0.1) is 0 Å². The van der Waals surface area contributed by atoms with E-state index in [1.165, 1.54) is 12.1 Å². The van der Waals surface area contributed by atoms with Gasteiger partial charge in [-0.05, 0) is 31.5 Å². The van der Waals surface area contributed by atoms with Gasteiger partial charge >= 0.3 is 12.0 Å². The van der Waals surface area contributed by atoms with Gasteiger partial charge in [-0.1, -0.05) is 13.3 Å². The first-order valence-corrected chi connectivity index (χ1v) is 6.07. The van der Waals surface area contributed by atoms with Crippen molar-refractivity contribution in [3.63, 3.8) is 0 Å². The highest BCUT2D eigenvalue weighted by atomic mass is 16.4. The molecule has 2 amide bonds. The van der Waals surface area contributed by atoms with Crippen LogP contribution >= 0.6 is 0 Å². The Kier molecular flexibility index (Phi) is 5.17. The number of rotatable bonds is 5. The van der Waals surface area contributed by atoms with Gasteiger partial charge in [0.25, 0.3) is 0 Å². The largest absolute Gasteiger partial charge is 0.508 e. The van der Waals surface area contributed by atoms with Crippen LogP contribution in [-0.2, 0) is 0 Å². The number of carbonyl (C=O) groups excluding carboxylic acids is 1. The molecule has 0 saturated heterocycles. The Balaban J connectivity index is 2.76. The number of carbonyl (C=O) groups is 2. The molecular formula is C13H18N2O4. The normalized spacial score (nSPS) is 11.7. The number of amides is 2. The van der Waals surface area contributed by atoms with Gasteiger partial charge in [0.1, 0.15) is 5.75 Å². The third kappa shape index (κ3) is 4.50. The summed E-state index contributed by atoms with van der Waals surface area (Å²) in [6, 6.07) is 3.30. The molecule has 0 aromatic heterocycles. The standard InChI is InChI=1S/C13H18N2O4/c1-3-4-8(2)14-13(19)15-11-6-5-9(16)7-10(11)12(17)18/h5-8,16H,3-4H2,1-2H3,(H,17,18)(H2,14,15,19). The zero-order valence-corrected chi connectivity index (χ0v) is 10.9. The van der Waals surface area contributed by atoms with E-state index in [-0.39, 0.29) is 23.0 Å². The van der Waals surface area contributed by atoms with E-state index in [1.54, 1.807) is 0 Å². The van der Waals surface area contributed by atoms with Gasteiger partial charge in [-0.25, -0.2) is 9.59 Å². The van der Waals surface area contributed by atoms with Crippen LogP contribution in [0.5, 0.6) is 5.75 Å². The monoisotopic (exact) mass is 266 g/mol. The third-order valence-electron chi connectivity index (χ3n) is 2.58. The van der Waals surface area contributed by atoms with E-state index in [0.717, 1.165) is 18.9 Å². The number of hydrogen-bond acceptors (Lipinski definition) is 3. The third-order valence-corrected chi connectivity index (χ3v) is 2.58. The Morgan fingerprint density at radius 3 is 2.63 bits per heavy atom. The molecule has 0 saturated carbocycles. The smallest absolute Gasteiger partial charge is 0.337 e. The molecule has 1 unspecified atom stereocenters. The van der Waals surface area contributed by atoms with Crippen molar-refractivity contribution in [2.75, 3.05) is 5.32 Å². The Morgan fingerprint density at radius 2 is 2.05 bits per heavy atom. The second kappa shape index (κ2) is 6.63. The van der Waals surface area contributed by atoms with Crippen LogP contribution in [-0.4, -0.2) is 28.3 Å². The summed E-state index contributed by atoms with van der Waals surface area (Å²) >= 11 is 0. The summed E-state index contributed by atoms with van der Waals surface area (Å²) in [5.74, 6) is -1.38. The highest BCUT2D eigenvalue weighted by molar-refractivity contribution is 6.00. The van der Waals surface area contributed by atoms with Gasteiger partial charge in [0, 0.05) is 6.04 Å². The lowest BCUT2D eigenvalue weighted by molar-refractivity contribution is 0.0697. The summed E-state index contributed by atoms with van der Waals surface area (Å²) in [5.41, 5.74) is -0.00945. The van der Waals surface area contributed by atoms with E-state index in [1.807, 2.05) is 13.8 Å². The fourth-order valence-corrected chi connectivity index (χ4v) is 1.71. The first kappa shape index (κ1) is 14.8. The van der Waals surface area contributed by atoms with Gasteiger partial charge < -0.3 is 20.8 Å². The highest BCUT2D eigenvalue weighted by Gasteiger charge is 2.14. The lowest BCUT2D eigenvalue weighted by Gasteiger charge is -2.14. The second-order valence-corrected chi connectivity index (χ2v) is 4.32. The molecule has 4 N–H and O–H groups in total. The van der Waals surface area contributed by atoms with E-state index in [9.17, 15) is 14.7 Å². The average molecular weight is 266 g/mol. The lowest BCUT2D eigenvalue weighted by atomic mass is 10.1. The average Bonchev–Trinajstić information content (AvgIpc) is 2.31. The number of aromatic carboxylic acids is 1. The second-order valence-electron chi connectivity index (χ2n) is 4.32. The Bertz CT molecular complexity index is 474. The summed E-state index contributed by atoms with van der Waals surface area (Å²) in [6.07, 6.45) is 1.79. The van der Waals surface area contributed by atoms with E-state index in [2.05, 4.69) is 10.6 Å². The molecule has 1 atom stereocenters. The van der Waals surface area contributed by atoms with Crippen molar-refractivity contribution < 1.29 is 19.8 Å². The van der Waals surface area contributed by atoms with Crippen molar-refractivity contribution in [1.82, 2.24) is 5.32 Å². The zero-order chi connectivity index (χ0) is 14.4. The van der Waals surface area contributed by atoms with Crippen LogP contribution in [0.15, 0.2) is 18.2 Å². The van der Waals surface area contributed by atoms with Crippen molar-refractivity contribution in [3.05, 3.63) is 23.8 Å². The van der Waals surface area contributed by atoms with Crippen LogP contribution in [0, 0.1) is 0 Å². The van der Waals surface area contributed by atoms with Crippen LogP contribution < -0.4 is 10.6 Å². The van der Waals surface area contributed by atoms with Crippen LogP contribution in [0.2, 0.25) is 0 Å². The number of benzene rings is 1. The maximum absolute atomic E-state index is 11.7. The van der Waals surface area contributed by atoms with E-state index in [0.29, 0.717) is 0 Å². The number of phenols is 1. The number of carboxylic acid groups (broad SMARTS) is 1. The summed E-state index contributed by atoms with van der Waals surface area (Å²) in [7, 11) is 0. The predicted molar refractivity (Wildman–Crippen MR) is 71.6 cm³/mol. The number of nitrogens with one attached hydrogen (secondary N) is 2. The van der Waals surface area contributed by atoms with Crippen molar-refractivity contribution >= 4 is 17.7 Å². The maximum atomic E-state index is 11.7. The number of urea groups is 1. The number of hydrogen-bond donors (Lipinski definition) is 4. The predicted octanol–water partition coefficient (Wildman–Crippen LogP) is 2.40. The first-order chi connectivity index (χ1) is 8.93. The van der Waals surface area contributed by atoms with Crippen LogP contribution in [0.1, 0.15) is 37.0 Å². The molecule has 0 aliphatic carbocycles. The number of anilines is 1. The van der Waals surface area contributed by atoms with Crippen LogP contribution in [0.25, 0.3) is 0 Å². The molecule has 1 aromatic rings. The molecule has 0 bridgehead atoms. The lowest BCUT2D eigenvalue weighted by Crippen LogP contribution is -2.36. The molecule has 19 heavy (non-hydrogen) atoms. The minimum Gasteiger partial charge on any atom is -0.508 e. The fourth-order valence-electron chi connectivity index (χ4n) is 1.71. The van der Waals surface area contributed by atoms with Crippen molar-refractivity contribution in [2.45, 2.75) is 32.7 Å². The van der Waals surface area contributed by atoms with Gasteiger partial charge in [0.05, 0.1) is 11.3 Å². The van der Waals surface area contributed by atoms with E-state index >= 15 is 0 Å². The van der Waals surface area contributed by atoms with E-state index < -0.39 is 12.0 Å². The molecule has 6 nitrogen and oxygen atoms in total. The Labute approximate surface area is 111 Å². The van der Waals surface area contributed by atoms with Crippen LogP contribution in [0.4, 0.5) is 10.5 Å². The summed E-state index contributed by atoms with van der Waals surface area (Å²) in [4.78, 5) is 22.7. The topological polar surface area (TPSA) is 98.7 Å². The summed E-state index contributed by atoms with van der Waals surface area (Å²) in [6.45, 7) is 3.89. The molecule has 0 fully saturated rings. The molecule has 0 aliphatic rings. The van der Waals surface area contributed by atoms with E-state index in [4.69, 9.17) is 5.11 Å². The number of carboxylic acids is 1. The molecule has 6 heteroatoms. The van der Waals surface area contributed by atoms with Crippen molar-refractivity contribution in [2.24, 2.45) is 0 Å². The van der Waals surface area contributed by atoms with Crippen molar-refractivity contribution in [3.8, 4) is 5.75 Å². The first-order valence-electron chi connectivity index (χ1n) is 6.07.